The van der Waals surface area contributed by atoms with Crippen LogP contribution in [0.1, 0.15) is 30.0 Å². The van der Waals surface area contributed by atoms with Crippen LogP contribution in [0.5, 0.6) is 0 Å². The van der Waals surface area contributed by atoms with Crippen molar-refractivity contribution in [2.24, 2.45) is 0 Å². The summed E-state index contributed by atoms with van der Waals surface area (Å²) < 4.78 is 7.50. The van der Waals surface area contributed by atoms with E-state index in [2.05, 4.69) is 5.10 Å². The van der Waals surface area contributed by atoms with Crippen molar-refractivity contribution in [3.05, 3.63) is 53.5 Å². The lowest BCUT2D eigenvalue weighted by molar-refractivity contribution is 0.207. The van der Waals surface area contributed by atoms with E-state index in [4.69, 9.17) is 4.42 Å². The first-order chi connectivity index (χ1) is 9.22. The molecule has 3 aromatic rings. The molecule has 0 saturated heterocycles. The zero-order valence-corrected chi connectivity index (χ0v) is 11.0. The summed E-state index contributed by atoms with van der Waals surface area (Å²) in [4.78, 5) is 0. The van der Waals surface area contributed by atoms with Crippen molar-refractivity contribution in [2.75, 3.05) is 0 Å². The molecule has 0 radical (unpaired) electrons. The molecule has 1 atom stereocenters. The van der Waals surface area contributed by atoms with Crippen molar-refractivity contribution in [3.8, 4) is 0 Å². The van der Waals surface area contributed by atoms with Crippen LogP contribution in [0.4, 0.5) is 0 Å². The number of hydrogen-bond donors (Lipinski definition) is 1. The van der Waals surface area contributed by atoms with Crippen LogP contribution in [-0.4, -0.2) is 14.9 Å². The maximum Gasteiger partial charge on any atom is 0.134 e. The van der Waals surface area contributed by atoms with Gasteiger partial charge in [0.25, 0.3) is 0 Å². The predicted molar refractivity (Wildman–Crippen MR) is 72.9 cm³/mol. The molecule has 1 N–H and O–H groups in total. The van der Waals surface area contributed by atoms with Gasteiger partial charge in [-0.3, -0.25) is 4.68 Å². The largest absolute Gasteiger partial charge is 0.461 e. The number of benzene rings is 1. The lowest BCUT2D eigenvalue weighted by Crippen LogP contribution is -2.09. The molecule has 1 unspecified atom stereocenters. The lowest BCUT2D eigenvalue weighted by Gasteiger charge is -2.12. The number of aromatic nitrogens is 2. The van der Waals surface area contributed by atoms with Crippen LogP contribution in [0, 0.1) is 6.92 Å². The molecule has 98 valence electrons. The lowest BCUT2D eigenvalue weighted by atomic mass is 10.0. The topological polar surface area (TPSA) is 51.2 Å². The van der Waals surface area contributed by atoms with Crippen LogP contribution in [-0.2, 0) is 6.54 Å². The Morgan fingerprint density at radius 1 is 1.32 bits per heavy atom. The van der Waals surface area contributed by atoms with E-state index in [0.717, 1.165) is 34.5 Å². The predicted octanol–water partition coefficient (Wildman–Crippen LogP) is 3.04. The van der Waals surface area contributed by atoms with Crippen LogP contribution >= 0.6 is 0 Å². The third-order valence-corrected chi connectivity index (χ3v) is 3.42. The Balaban J connectivity index is 2.16. The molecular formula is C15H16N2O2. The maximum atomic E-state index is 10.6. The second-order valence-corrected chi connectivity index (χ2v) is 4.54. The molecule has 0 aliphatic carbocycles. The average Bonchev–Trinajstić information content (AvgIpc) is 3.00. The Labute approximate surface area is 111 Å². The molecule has 0 amide bonds. The van der Waals surface area contributed by atoms with Crippen LogP contribution in [0.2, 0.25) is 0 Å². The number of aliphatic hydroxyl groups is 1. The van der Waals surface area contributed by atoms with Gasteiger partial charge < -0.3 is 9.52 Å². The summed E-state index contributed by atoms with van der Waals surface area (Å²) in [5, 5.41) is 15.8. The number of para-hydroxylation sites is 1. The molecular weight excluding hydrogens is 240 g/mol. The van der Waals surface area contributed by atoms with E-state index >= 15 is 0 Å². The van der Waals surface area contributed by atoms with Crippen molar-refractivity contribution in [2.45, 2.75) is 26.5 Å². The number of aryl methyl sites for hydroxylation is 2. The summed E-state index contributed by atoms with van der Waals surface area (Å²) in [7, 11) is 0. The van der Waals surface area contributed by atoms with E-state index in [-0.39, 0.29) is 0 Å². The SMILES string of the molecule is CCn1nccc1C(O)c1c(C)oc2ccccc12. The quantitative estimate of drug-likeness (QED) is 0.783. The molecule has 0 fully saturated rings. The minimum Gasteiger partial charge on any atom is -0.461 e. The minimum absolute atomic E-state index is 0.717. The van der Waals surface area contributed by atoms with Crippen LogP contribution in [0.15, 0.2) is 40.9 Å². The molecule has 2 aromatic heterocycles. The van der Waals surface area contributed by atoms with E-state index in [1.165, 1.54) is 0 Å². The monoisotopic (exact) mass is 256 g/mol. The van der Waals surface area contributed by atoms with Gasteiger partial charge in [0.2, 0.25) is 0 Å². The van der Waals surface area contributed by atoms with Crippen LogP contribution < -0.4 is 0 Å². The normalized spacial score (nSPS) is 13.0. The summed E-state index contributed by atoms with van der Waals surface area (Å²) in [6.45, 7) is 4.61. The minimum atomic E-state index is -0.717. The summed E-state index contributed by atoms with van der Waals surface area (Å²) in [6, 6.07) is 9.60. The highest BCUT2D eigenvalue weighted by Gasteiger charge is 2.22. The van der Waals surface area contributed by atoms with Gasteiger partial charge in [0.05, 0.1) is 5.69 Å². The maximum absolute atomic E-state index is 10.6. The number of fused-ring (bicyclic) bond motifs is 1. The van der Waals surface area contributed by atoms with E-state index in [1.807, 2.05) is 44.2 Å². The van der Waals surface area contributed by atoms with E-state index in [0.29, 0.717) is 0 Å². The molecule has 0 saturated carbocycles. The summed E-state index contributed by atoms with van der Waals surface area (Å²) in [5.74, 6) is 0.748. The first-order valence-corrected chi connectivity index (χ1v) is 6.40. The standard InChI is InChI=1S/C15H16N2O2/c1-3-17-12(8-9-16-17)15(18)14-10(2)19-13-7-5-4-6-11(13)14/h4-9,15,18H,3H2,1-2H3. The molecule has 0 bridgehead atoms. The second-order valence-electron chi connectivity index (χ2n) is 4.54. The van der Waals surface area contributed by atoms with Crippen LogP contribution in [0.25, 0.3) is 11.0 Å². The van der Waals surface area contributed by atoms with Gasteiger partial charge in [-0.05, 0) is 26.0 Å². The van der Waals surface area contributed by atoms with Gasteiger partial charge in [0.1, 0.15) is 17.4 Å². The first kappa shape index (κ1) is 12.0. The molecule has 4 nitrogen and oxygen atoms in total. The summed E-state index contributed by atoms with van der Waals surface area (Å²) in [6.07, 6.45) is 0.991. The fraction of sp³-hybridized carbons (Fsp3) is 0.267. The Morgan fingerprint density at radius 2 is 2.11 bits per heavy atom. The summed E-state index contributed by atoms with van der Waals surface area (Å²) in [5.41, 5.74) is 2.42. The van der Waals surface area contributed by atoms with Gasteiger partial charge in [-0.2, -0.15) is 5.10 Å². The molecule has 0 aliphatic rings. The third-order valence-electron chi connectivity index (χ3n) is 3.42. The molecule has 19 heavy (non-hydrogen) atoms. The Bertz CT molecular complexity index is 712. The average molecular weight is 256 g/mol. The Morgan fingerprint density at radius 3 is 2.89 bits per heavy atom. The smallest absolute Gasteiger partial charge is 0.134 e. The van der Waals surface area contributed by atoms with E-state index < -0.39 is 6.10 Å². The van der Waals surface area contributed by atoms with Crippen molar-refractivity contribution >= 4 is 11.0 Å². The third kappa shape index (κ3) is 1.85. The van der Waals surface area contributed by atoms with Crippen LogP contribution in [0.3, 0.4) is 0 Å². The molecule has 0 aliphatic heterocycles. The van der Waals surface area contributed by atoms with Crippen molar-refractivity contribution < 1.29 is 9.52 Å². The van der Waals surface area contributed by atoms with Gasteiger partial charge in [-0.25, -0.2) is 0 Å². The van der Waals surface area contributed by atoms with Crippen molar-refractivity contribution in [1.29, 1.82) is 0 Å². The highest BCUT2D eigenvalue weighted by atomic mass is 16.3. The van der Waals surface area contributed by atoms with Gasteiger partial charge in [-0.15, -0.1) is 0 Å². The number of furan rings is 1. The second kappa shape index (κ2) is 4.55. The Hall–Kier alpha value is -2.07. The molecule has 0 spiro atoms. The van der Waals surface area contributed by atoms with Crippen molar-refractivity contribution in [1.82, 2.24) is 9.78 Å². The highest BCUT2D eigenvalue weighted by Crippen LogP contribution is 2.33. The zero-order valence-electron chi connectivity index (χ0n) is 11.0. The van der Waals surface area contributed by atoms with Gasteiger partial charge in [0, 0.05) is 23.7 Å². The van der Waals surface area contributed by atoms with E-state index in [1.54, 1.807) is 10.9 Å². The van der Waals surface area contributed by atoms with Gasteiger partial charge in [-0.1, -0.05) is 18.2 Å². The van der Waals surface area contributed by atoms with E-state index in [9.17, 15) is 5.11 Å². The molecule has 3 rings (SSSR count). The molecule has 4 heteroatoms. The highest BCUT2D eigenvalue weighted by molar-refractivity contribution is 5.83. The molecule has 2 heterocycles. The number of aliphatic hydroxyl groups excluding tert-OH is 1. The fourth-order valence-corrected chi connectivity index (χ4v) is 2.51. The summed E-state index contributed by atoms with van der Waals surface area (Å²) >= 11 is 0. The fourth-order valence-electron chi connectivity index (χ4n) is 2.51. The number of rotatable bonds is 3. The Kier molecular flexibility index (Phi) is 2.87. The number of hydrogen-bond acceptors (Lipinski definition) is 3. The molecule has 1 aromatic carbocycles. The zero-order chi connectivity index (χ0) is 13.4. The van der Waals surface area contributed by atoms with Gasteiger partial charge in [0.15, 0.2) is 0 Å². The first-order valence-electron chi connectivity index (χ1n) is 6.40. The van der Waals surface area contributed by atoms with Crippen molar-refractivity contribution in [3.63, 3.8) is 0 Å². The number of nitrogens with zero attached hydrogens (tertiary/aromatic N) is 2. The van der Waals surface area contributed by atoms with Gasteiger partial charge >= 0.3 is 0 Å².